The number of benzene rings is 1. The molecule has 0 saturated carbocycles. The molecule has 0 aliphatic carbocycles. The summed E-state index contributed by atoms with van der Waals surface area (Å²) in [6.45, 7) is 0. The Bertz CT molecular complexity index is 534. The monoisotopic (exact) mass is 333 g/mol. The van der Waals surface area contributed by atoms with Crippen molar-refractivity contribution in [2.45, 2.75) is 4.11 Å². The highest BCUT2D eigenvalue weighted by Gasteiger charge is 2.08. The molecule has 6 heteroatoms. The van der Waals surface area contributed by atoms with E-state index in [0.29, 0.717) is 10.5 Å². The summed E-state index contributed by atoms with van der Waals surface area (Å²) in [5.74, 6) is 2.43. The summed E-state index contributed by atoms with van der Waals surface area (Å²) >= 11 is 7.78. The number of hydrogen-bond donors (Lipinski definition) is 0. The van der Waals surface area contributed by atoms with Crippen LogP contribution in [0.15, 0.2) is 18.2 Å². The smallest absolute Gasteiger partial charge is 0.236 e. The highest BCUT2D eigenvalue weighted by Crippen LogP contribution is 2.16. The van der Waals surface area contributed by atoms with Crippen molar-refractivity contribution >= 4 is 45.2 Å². The van der Waals surface area contributed by atoms with Crippen molar-refractivity contribution in [3.05, 3.63) is 23.2 Å². The van der Waals surface area contributed by atoms with Gasteiger partial charge in [0.1, 0.15) is 11.0 Å². The van der Waals surface area contributed by atoms with Crippen LogP contribution in [0.5, 0.6) is 0 Å². The molecule has 0 fully saturated rings. The Morgan fingerprint density at radius 3 is 3.13 bits per heavy atom. The van der Waals surface area contributed by atoms with Gasteiger partial charge in [0.25, 0.3) is 0 Å². The zero-order chi connectivity index (χ0) is 10.8. The van der Waals surface area contributed by atoms with Crippen LogP contribution in [0.3, 0.4) is 0 Å². The van der Waals surface area contributed by atoms with E-state index in [4.69, 9.17) is 22.9 Å². The van der Waals surface area contributed by atoms with E-state index in [1.807, 2.05) is 22.6 Å². The van der Waals surface area contributed by atoms with Crippen molar-refractivity contribution in [2.75, 3.05) is 0 Å². The molecule has 1 atom stereocenters. The van der Waals surface area contributed by atoms with E-state index in [-0.39, 0.29) is 4.11 Å². The van der Waals surface area contributed by atoms with E-state index in [0.717, 1.165) is 5.52 Å². The molecule has 2 aromatic rings. The van der Waals surface area contributed by atoms with E-state index in [1.54, 1.807) is 18.2 Å². The number of nitrogens with zero attached hydrogens (tertiary/aromatic N) is 3. The van der Waals surface area contributed by atoms with Gasteiger partial charge in [0, 0.05) is 5.02 Å². The third-order valence-electron chi connectivity index (χ3n) is 1.70. The fraction of sp³-hybridized carbons (Fsp3) is 0.111. The Morgan fingerprint density at radius 1 is 1.60 bits per heavy atom. The maximum atomic E-state index is 5.81. The van der Waals surface area contributed by atoms with Crippen molar-refractivity contribution in [3.63, 3.8) is 0 Å². The van der Waals surface area contributed by atoms with Gasteiger partial charge in [-0.3, -0.25) is 0 Å². The van der Waals surface area contributed by atoms with Gasteiger partial charge in [-0.25, -0.2) is 0 Å². The molecule has 0 N–H and O–H groups in total. The zero-order valence-corrected chi connectivity index (χ0v) is 10.3. The van der Waals surface area contributed by atoms with Gasteiger partial charge in [-0.2, -0.15) is 0 Å². The van der Waals surface area contributed by atoms with Crippen LogP contribution in [0, 0.1) is 12.3 Å². The molecular formula is C9H5ClIN3O. The first-order chi connectivity index (χ1) is 7.20. The van der Waals surface area contributed by atoms with E-state index < -0.39 is 0 Å². The molecule has 0 amide bonds. The summed E-state index contributed by atoms with van der Waals surface area (Å²) in [6, 6.07) is 5.23. The number of halogens is 2. The molecule has 0 bridgehead atoms. The van der Waals surface area contributed by atoms with E-state index in [2.05, 4.69) is 16.2 Å². The second-order valence-corrected chi connectivity index (χ2v) is 4.25. The van der Waals surface area contributed by atoms with Gasteiger partial charge in [0.15, 0.2) is 0 Å². The quantitative estimate of drug-likeness (QED) is 0.479. The summed E-state index contributed by atoms with van der Waals surface area (Å²) in [4.78, 5) is 6.60. The normalized spacial score (nSPS) is 12.3. The Morgan fingerprint density at radius 2 is 2.40 bits per heavy atom. The van der Waals surface area contributed by atoms with Gasteiger partial charge in [0.2, 0.25) is 4.11 Å². The standard InChI is InChI=1S/C9H5ClIN3O/c1-2-9(11)15-14-8-4-3-6(10)5-7(8)12-13-14/h1,3-5,9H. The Balaban J connectivity index is 2.42. The van der Waals surface area contributed by atoms with Crippen LogP contribution in [0.25, 0.3) is 11.0 Å². The molecule has 76 valence electrons. The van der Waals surface area contributed by atoms with Crippen molar-refractivity contribution < 1.29 is 4.84 Å². The third-order valence-corrected chi connectivity index (χ3v) is 2.52. The van der Waals surface area contributed by atoms with Gasteiger partial charge in [-0.15, -0.1) is 11.5 Å². The first-order valence-electron chi connectivity index (χ1n) is 3.99. The lowest BCUT2D eigenvalue weighted by atomic mass is 10.3. The number of rotatable bonds is 2. The van der Waals surface area contributed by atoms with Crippen LogP contribution in [0.4, 0.5) is 0 Å². The van der Waals surface area contributed by atoms with Crippen LogP contribution in [-0.2, 0) is 0 Å². The largest absolute Gasteiger partial charge is 0.368 e. The average molecular weight is 334 g/mol. The molecule has 1 aromatic carbocycles. The average Bonchev–Trinajstić information content (AvgIpc) is 2.60. The summed E-state index contributed by atoms with van der Waals surface area (Å²) in [5.41, 5.74) is 1.40. The minimum atomic E-state index is -0.386. The number of alkyl halides is 1. The molecule has 0 aliphatic rings. The summed E-state index contributed by atoms with van der Waals surface area (Å²) in [5, 5.41) is 8.32. The molecular weight excluding hydrogens is 328 g/mol. The van der Waals surface area contributed by atoms with Gasteiger partial charge in [-0.05, 0) is 51.9 Å². The van der Waals surface area contributed by atoms with Crippen LogP contribution in [0.1, 0.15) is 0 Å². The van der Waals surface area contributed by atoms with Crippen LogP contribution in [0.2, 0.25) is 5.02 Å². The topological polar surface area (TPSA) is 39.9 Å². The van der Waals surface area contributed by atoms with Gasteiger partial charge in [-0.1, -0.05) is 16.4 Å². The lowest BCUT2D eigenvalue weighted by Crippen LogP contribution is -2.19. The van der Waals surface area contributed by atoms with Crippen molar-refractivity contribution in [2.24, 2.45) is 0 Å². The molecule has 1 aromatic heterocycles. The van der Waals surface area contributed by atoms with E-state index >= 15 is 0 Å². The lowest BCUT2D eigenvalue weighted by molar-refractivity contribution is 0.104. The highest BCUT2D eigenvalue weighted by molar-refractivity contribution is 14.1. The molecule has 0 radical (unpaired) electrons. The second-order valence-electron chi connectivity index (χ2n) is 2.68. The first kappa shape index (κ1) is 10.5. The lowest BCUT2D eigenvalue weighted by Gasteiger charge is -2.05. The van der Waals surface area contributed by atoms with Crippen molar-refractivity contribution in [3.8, 4) is 12.3 Å². The Labute approximate surface area is 105 Å². The number of fused-ring (bicyclic) bond motifs is 1. The maximum Gasteiger partial charge on any atom is 0.236 e. The molecule has 1 heterocycles. The fourth-order valence-electron chi connectivity index (χ4n) is 1.07. The molecule has 2 rings (SSSR count). The first-order valence-corrected chi connectivity index (χ1v) is 5.61. The summed E-state index contributed by atoms with van der Waals surface area (Å²) < 4.78 is -0.386. The molecule has 4 nitrogen and oxygen atoms in total. The predicted octanol–water partition coefficient (Wildman–Crippen LogP) is 1.91. The van der Waals surface area contributed by atoms with Gasteiger partial charge < -0.3 is 4.84 Å². The second kappa shape index (κ2) is 4.24. The maximum absolute atomic E-state index is 5.81. The van der Waals surface area contributed by atoms with E-state index in [1.165, 1.54) is 4.85 Å². The molecule has 0 aliphatic heterocycles. The minimum absolute atomic E-state index is 0.386. The van der Waals surface area contributed by atoms with Crippen LogP contribution in [-0.4, -0.2) is 19.3 Å². The van der Waals surface area contributed by atoms with Crippen molar-refractivity contribution in [1.29, 1.82) is 0 Å². The molecule has 0 spiro atoms. The summed E-state index contributed by atoms with van der Waals surface area (Å²) in [7, 11) is 0. The zero-order valence-electron chi connectivity index (χ0n) is 7.39. The highest BCUT2D eigenvalue weighted by atomic mass is 127. The van der Waals surface area contributed by atoms with E-state index in [9.17, 15) is 0 Å². The van der Waals surface area contributed by atoms with Crippen LogP contribution >= 0.6 is 34.2 Å². The number of aromatic nitrogens is 3. The molecule has 1 unspecified atom stereocenters. The van der Waals surface area contributed by atoms with Gasteiger partial charge in [0.05, 0.1) is 0 Å². The Hall–Kier alpha value is -1.00. The summed E-state index contributed by atoms with van der Waals surface area (Å²) in [6.07, 6.45) is 5.19. The molecule has 0 saturated heterocycles. The Kier molecular flexibility index (Phi) is 2.98. The number of terminal acetylenes is 1. The van der Waals surface area contributed by atoms with Gasteiger partial charge >= 0.3 is 0 Å². The van der Waals surface area contributed by atoms with Crippen LogP contribution < -0.4 is 4.84 Å². The third kappa shape index (κ3) is 2.16. The van der Waals surface area contributed by atoms with Crippen molar-refractivity contribution in [1.82, 2.24) is 15.2 Å². The molecule has 15 heavy (non-hydrogen) atoms. The predicted molar refractivity (Wildman–Crippen MR) is 65.8 cm³/mol. The fourth-order valence-corrected chi connectivity index (χ4v) is 1.45. The minimum Gasteiger partial charge on any atom is -0.368 e. The number of hydrogen-bond acceptors (Lipinski definition) is 3. The SMILES string of the molecule is C#CC(I)On1nnc2cc(Cl)ccc21.